The second-order valence-corrected chi connectivity index (χ2v) is 8.02. The van der Waals surface area contributed by atoms with Crippen LogP contribution in [0.15, 0.2) is 54.6 Å². The fraction of sp³-hybridized carbons (Fsp3) is 0.269. The Kier molecular flexibility index (Phi) is 6.21. The lowest BCUT2D eigenvalue weighted by Gasteiger charge is -2.13. The van der Waals surface area contributed by atoms with E-state index in [9.17, 15) is 4.79 Å². The zero-order valence-electron chi connectivity index (χ0n) is 19.0. The summed E-state index contributed by atoms with van der Waals surface area (Å²) in [6.07, 6.45) is 0.912. The average Bonchev–Trinajstić information content (AvgIpc) is 3.14. The minimum Gasteiger partial charge on any atom is -0.481 e. The van der Waals surface area contributed by atoms with Crippen LogP contribution < -0.4 is 10.1 Å². The fourth-order valence-electron chi connectivity index (χ4n) is 3.98. The maximum Gasteiger partial charge on any atom is 0.220 e. The van der Waals surface area contributed by atoms with E-state index in [0.717, 1.165) is 39.1 Å². The molecular weight excluding hydrogens is 400 g/mol. The number of methoxy groups -OCH3 is 1. The number of carbonyl (C=O) groups excluding carboxylic acids is 1. The molecule has 4 aromatic rings. The predicted molar refractivity (Wildman–Crippen MR) is 126 cm³/mol. The Bertz CT molecular complexity index is 1240. The van der Waals surface area contributed by atoms with Gasteiger partial charge >= 0.3 is 0 Å². The molecule has 0 radical (unpaired) electrons. The van der Waals surface area contributed by atoms with Crippen LogP contribution in [-0.4, -0.2) is 27.8 Å². The minimum absolute atomic E-state index is 0.00354. The predicted octanol–water partition coefficient (Wildman–Crippen LogP) is 4.60. The first-order valence-electron chi connectivity index (χ1n) is 10.8. The summed E-state index contributed by atoms with van der Waals surface area (Å²) in [4.78, 5) is 17.3. The highest BCUT2D eigenvalue weighted by atomic mass is 16.5. The van der Waals surface area contributed by atoms with E-state index in [1.165, 1.54) is 5.56 Å². The van der Waals surface area contributed by atoms with Crippen LogP contribution in [0.5, 0.6) is 5.88 Å². The van der Waals surface area contributed by atoms with Gasteiger partial charge in [0.2, 0.25) is 11.8 Å². The first kappa shape index (κ1) is 21.6. The van der Waals surface area contributed by atoms with Crippen molar-refractivity contribution in [1.29, 1.82) is 0 Å². The largest absolute Gasteiger partial charge is 0.481 e. The maximum absolute atomic E-state index is 12.5. The number of hydrogen-bond acceptors (Lipinski definition) is 4. The summed E-state index contributed by atoms with van der Waals surface area (Å²) in [6, 6.07) is 18.1. The van der Waals surface area contributed by atoms with Crippen LogP contribution in [0.1, 0.15) is 34.4 Å². The van der Waals surface area contributed by atoms with Gasteiger partial charge in [-0.1, -0.05) is 48.0 Å². The lowest BCUT2D eigenvalue weighted by Crippen LogP contribution is -2.23. The summed E-state index contributed by atoms with van der Waals surface area (Å²) in [6.45, 7) is 6.61. The van der Waals surface area contributed by atoms with Gasteiger partial charge in [0.25, 0.3) is 0 Å². The number of nitrogens with one attached hydrogen (secondary N) is 1. The lowest BCUT2D eigenvalue weighted by atomic mass is 10.0. The SMILES string of the molecule is COc1nc2c(c(C)nn2-c2ccccc2)c(C)c1CCC(=O)NCc1ccc(C)cc1. The maximum atomic E-state index is 12.5. The molecule has 164 valence electrons. The van der Waals surface area contributed by atoms with Crippen molar-refractivity contribution in [3.63, 3.8) is 0 Å². The monoisotopic (exact) mass is 428 g/mol. The van der Waals surface area contributed by atoms with Gasteiger partial charge < -0.3 is 10.1 Å². The molecule has 1 N–H and O–H groups in total. The van der Waals surface area contributed by atoms with Crippen molar-refractivity contribution in [3.8, 4) is 11.6 Å². The van der Waals surface area contributed by atoms with E-state index < -0.39 is 0 Å². The van der Waals surface area contributed by atoms with Gasteiger partial charge in [0.1, 0.15) is 0 Å². The normalized spacial score (nSPS) is 11.0. The number of rotatable bonds is 7. The molecule has 6 heteroatoms. The molecule has 32 heavy (non-hydrogen) atoms. The molecule has 6 nitrogen and oxygen atoms in total. The smallest absolute Gasteiger partial charge is 0.220 e. The zero-order valence-corrected chi connectivity index (χ0v) is 19.0. The van der Waals surface area contributed by atoms with Crippen molar-refractivity contribution in [2.75, 3.05) is 7.11 Å². The molecule has 0 unspecified atom stereocenters. The van der Waals surface area contributed by atoms with E-state index in [4.69, 9.17) is 14.8 Å². The van der Waals surface area contributed by atoms with Crippen LogP contribution >= 0.6 is 0 Å². The molecule has 0 saturated carbocycles. The van der Waals surface area contributed by atoms with Crippen LogP contribution in [0, 0.1) is 20.8 Å². The summed E-state index contributed by atoms with van der Waals surface area (Å²) in [7, 11) is 1.62. The summed E-state index contributed by atoms with van der Waals surface area (Å²) >= 11 is 0. The molecule has 2 aromatic carbocycles. The third kappa shape index (κ3) is 4.35. The van der Waals surface area contributed by atoms with Crippen LogP contribution in [0.25, 0.3) is 16.7 Å². The number of pyridine rings is 1. The second kappa shape index (κ2) is 9.22. The molecule has 0 aliphatic carbocycles. The van der Waals surface area contributed by atoms with Crippen LogP contribution in [-0.2, 0) is 17.8 Å². The number of aryl methyl sites for hydroxylation is 3. The Morgan fingerprint density at radius 3 is 2.44 bits per heavy atom. The van der Waals surface area contributed by atoms with Crippen molar-refractivity contribution in [3.05, 3.63) is 82.5 Å². The van der Waals surface area contributed by atoms with Crippen molar-refractivity contribution in [1.82, 2.24) is 20.1 Å². The number of nitrogens with zero attached hydrogens (tertiary/aromatic N) is 3. The number of carbonyl (C=O) groups is 1. The minimum atomic E-state index is 0.00354. The molecule has 0 bridgehead atoms. The van der Waals surface area contributed by atoms with Crippen LogP contribution in [0.2, 0.25) is 0 Å². The topological polar surface area (TPSA) is 69.0 Å². The van der Waals surface area contributed by atoms with Gasteiger partial charge in [-0.2, -0.15) is 10.1 Å². The summed E-state index contributed by atoms with van der Waals surface area (Å²) in [5.74, 6) is 0.544. The Labute approximate surface area is 188 Å². The first-order chi connectivity index (χ1) is 15.5. The van der Waals surface area contributed by atoms with Gasteiger partial charge in [0, 0.05) is 23.9 Å². The van der Waals surface area contributed by atoms with Gasteiger partial charge in [0.05, 0.1) is 18.5 Å². The van der Waals surface area contributed by atoms with Crippen LogP contribution in [0.3, 0.4) is 0 Å². The summed E-state index contributed by atoms with van der Waals surface area (Å²) in [5.41, 5.74) is 6.90. The Hall–Kier alpha value is -3.67. The quantitative estimate of drug-likeness (QED) is 0.467. The number of ether oxygens (including phenoxy) is 1. The molecule has 1 amide bonds. The third-order valence-electron chi connectivity index (χ3n) is 5.74. The van der Waals surface area contributed by atoms with Crippen molar-refractivity contribution in [2.24, 2.45) is 0 Å². The third-order valence-corrected chi connectivity index (χ3v) is 5.74. The van der Waals surface area contributed by atoms with Gasteiger partial charge in [0.15, 0.2) is 5.65 Å². The molecular formula is C26H28N4O2. The van der Waals surface area contributed by atoms with E-state index in [0.29, 0.717) is 25.3 Å². The van der Waals surface area contributed by atoms with Crippen molar-refractivity contribution in [2.45, 2.75) is 40.2 Å². The standard InChI is InChI=1S/C26H28N4O2/c1-17-10-12-20(13-11-17)16-27-23(31)15-14-22-18(2)24-19(3)29-30(21-8-6-5-7-9-21)25(24)28-26(22)32-4/h5-13H,14-16H2,1-4H3,(H,27,31). The zero-order chi connectivity index (χ0) is 22.7. The highest BCUT2D eigenvalue weighted by Crippen LogP contribution is 2.31. The molecule has 4 rings (SSSR count). The number of aromatic nitrogens is 3. The highest BCUT2D eigenvalue weighted by Gasteiger charge is 2.20. The Morgan fingerprint density at radius 2 is 1.75 bits per heavy atom. The number of fused-ring (bicyclic) bond motifs is 1. The van der Waals surface area contributed by atoms with E-state index >= 15 is 0 Å². The van der Waals surface area contributed by atoms with E-state index in [1.807, 2.05) is 61.0 Å². The number of hydrogen-bond donors (Lipinski definition) is 1. The summed E-state index contributed by atoms with van der Waals surface area (Å²) < 4.78 is 7.47. The first-order valence-corrected chi connectivity index (χ1v) is 10.8. The van der Waals surface area contributed by atoms with Gasteiger partial charge in [-0.05, 0) is 50.5 Å². The van der Waals surface area contributed by atoms with E-state index in [1.54, 1.807) is 7.11 Å². The van der Waals surface area contributed by atoms with Crippen LogP contribution in [0.4, 0.5) is 0 Å². The van der Waals surface area contributed by atoms with Gasteiger partial charge in [-0.3, -0.25) is 4.79 Å². The molecule has 0 atom stereocenters. The molecule has 0 saturated heterocycles. The molecule has 2 heterocycles. The second-order valence-electron chi connectivity index (χ2n) is 8.02. The molecule has 0 fully saturated rings. The summed E-state index contributed by atoms with van der Waals surface area (Å²) in [5, 5.41) is 8.73. The number of benzene rings is 2. The lowest BCUT2D eigenvalue weighted by molar-refractivity contribution is -0.121. The van der Waals surface area contributed by atoms with Gasteiger partial charge in [-0.15, -0.1) is 0 Å². The number of para-hydroxylation sites is 1. The molecule has 0 spiro atoms. The fourth-order valence-corrected chi connectivity index (χ4v) is 3.98. The van der Waals surface area contributed by atoms with Gasteiger partial charge in [-0.25, -0.2) is 4.68 Å². The Morgan fingerprint density at radius 1 is 1.03 bits per heavy atom. The van der Waals surface area contributed by atoms with E-state index in [-0.39, 0.29) is 5.91 Å². The number of amides is 1. The molecule has 0 aliphatic heterocycles. The Balaban J connectivity index is 1.56. The highest BCUT2D eigenvalue weighted by molar-refractivity contribution is 5.86. The van der Waals surface area contributed by atoms with Crippen molar-refractivity contribution >= 4 is 16.9 Å². The van der Waals surface area contributed by atoms with Crippen molar-refractivity contribution < 1.29 is 9.53 Å². The van der Waals surface area contributed by atoms with E-state index in [2.05, 4.69) is 24.4 Å². The average molecular weight is 429 g/mol. The molecule has 2 aromatic heterocycles. The molecule has 0 aliphatic rings.